The highest BCUT2D eigenvalue weighted by atomic mass is 19.1. The average Bonchev–Trinajstić information content (AvgIpc) is 2.56. The third kappa shape index (κ3) is 4.70. The Bertz CT molecular complexity index is 330. The van der Waals surface area contributed by atoms with Crippen molar-refractivity contribution < 1.29 is 13.9 Å². The zero-order valence-electron chi connectivity index (χ0n) is 14.2. The fourth-order valence-electron chi connectivity index (χ4n) is 4.33. The molecule has 2 fully saturated rings. The summed E-state index contributed by atoms with van der Waals surface area (Å²) in [4.78, 5) is 12.3. The molecule has 0 radical (unpaired) electrons. The first-order chi connectivity index (χ1) is 10.7. The number of unbranched alkanes of at least 4 members (excludes halogenated alkanes) is 2. The van der Waals surface area contributed by atoms with Crippen molar-refractivity contribution in [3.63, 3.8) is 0 Å². The Kier molecular flexibility index (Phi) is 7.17. The number of rotatable bonds is 7. The molecule has 0 N–H and O–H groups in total. The second kappa shape index (κ2) is 8.88. The van der Waals surface area contributed by atoms with Gasteiger partial charge in [-0.1, -0.05) is 45.4 Å². The summed E-state index contributed by atoms with van der Waals surface area (Å²) in [5.41, 5.74) is -0.342. The lowest BCUT2D eigenvalue weighted by Crippen LogP contribution is -2.46. The standard InChI is InChI=1S/C19H33FO2/c1-2-3-6-13-17(20)18(21)22-19(14-9-5-10-15-19)16-11-7-4-8-12-16/h16-17H,2-15H2,1H3/t17-/m1/s1. The maximum absolute atomic E-state index is 14.1. The first-order valence-corrected chi connectivity index (χ1v) is 9.55. The molecule has 0 aliphatic heterocycles. The molecule has 3 heteroatoms. The van der Waals surface area contributed by atoms with Gasteiger partial charge in [-0.2, -0.15) is 0 Å². The molecule has 0 aromatic heterocycles. The SMILES string of the molecule is CCCCC[C@@H](F)C(=O)OC1(C2CCCCC2)CCCCC1. The molecule has 0 bridgehead atoms. The lowest BCUT2D eigenvalue weighted by Gasteiger charge is -2.44. The van der Waals surface area contributed by atoms with Gasteiger partial charge in [-0.15, -0.1) is 0 Å². The van der Waals surface area contributed by atoms with Gasteiger partial charge in [0.2, 0.25) is 0 Å². The number of carbonyl (C=O) groups excluding carboxylic acids is 1. The van der Waals surface area contributed by atoms with Crippen LogP contribution in [-0.2, 0) is 9.53 Å². The number of hydrogen-bond acceptors (Lipinski definition) is 2. The number of alkyl halides is 1. The Morgan fingerprint density at radius 1 is 1.09 bits per heavy atom. The fraction of sp³-hybridized carbons (Fsp3) is 0.947. The molecule has 2 saturated carbocycles. The van der Waals surface area contributed by atoms with Crippen molar-refractivity contribution in [3.05, 3.63) is 0 Å². The summed E-state index contributed by atoms with van der Waals surface area (Å²) < 4.78 is 20.0. The van der Waals surface area contributed by atoms with Crippen molar-refractivity contribution in [1.29, 1.82) is 0 Å². The van der Waals surface area contributed by atoms with Crippen LogP contribution in [-0.4, -0.2) is 17.7 Å². The molecule has 0 aromatic rings. The second-order valence-electron chi connectivity index (χ2n) is 7.34. The van der Waals surface area contributed by atoms with Crippen LogP contribution in [0.15, 0.2) is 0 Å². The molecule has 2 nitrogen and oxygen atoms in total. The monoisotopic (exact) mass is 312 g/mol. The van der Waals surface area contributed by atoms with E-state index in [-0.39, 0.29) is 5.60 Å². The number of esters is 1. The number of halogens is 1. The fourth-order valence-corrected chi connectivity index (χ4v) is 4.33. The van der Waals surface area contributed by atoms with Crippen molar-refractivity contribution in [2.45, 2.75) is 109 Å². The van der Waals surface area contributed by atoms with Crippen LogP contribution in [0.25, 0.3) is 0 Å². The summed E-state index contributed by atoms with van der Waals surface area (Å²) in [6, 6.07) is 0. The van der Waals surface area contributed by atoms with Gasteiger partial charge in [-0.25, -0.2) is 9.18 Å². The number of hydrogen-bond donors (Lipinski definition) is 0. The summed E-state index contributed by atoms with van der Waals surface area (Å²) >= 11 is 0. The van der Waals surface area contributed by atoms with Gasteiger partial charge in [0.25, 0.3) is 0 Å². The summed E-state index contributed by atoms with van der Waals surface area (Å²) in [6.45, 7) is 2.09. The van der Waals surface area contributed by atoms with Gasteiger partial charge in [0.15, 0.2) is 6.17 Å². The Morgan fingerprint density at radius 3 is 2.36 bits per heavy atom. The molecule has 0 unspecified atom stereocenters. The van der Waals surface area contributed by atoms with Crippen LogP contribution in [0, 0.1) is 5.92 Å². The maximum atomic E-state index is 14.1. The lowest BCUT2D eigenvalue weighted by atomic mass is 9.69. The van der Waals surface area contributed by atoms with E-state index in [4.69, 9.17) is 4.74 Å². The van der Waals surface area contributed by atoms with Gasteiger partial charge < -0.3 is 4.74 Å². The van der Waals surface area contributed by atoms with Crippen molar-refractivity contribution >= 4 is 5.97 Å². The van der Waals surface area contributed by atoms with Crippen molar-refractivity contribution in [2.75, 3.05) is 0 Å². The van der Waals surface area contributed by atoms with E-state index in [0.717, 1.165) is 57.8 Å². The smallest absolute Gasteiger partial charge is 0.341 e. The number of ether oxygens (including phenoxy) is 1. The molecule has 22 heavy (non-hydrogen) atoms. The third-order valence-corrected chi connectivity index (χ3v) is 5.67. The summed E-state index contributed by atoms with van der Waals surface area (Å²) in [5.74, 6) is -0.114. The van der Waals surface area contributed by atoms with E-state index in [1.807, 2.05) is 0 Å². The Labute approximate surface area is 135 Å². The number of carbonyl (C=O) groups is 1. The molecule has 0 spiro atoms. The van der Waals surface area contributed by atoms with Gasteiger partial charge in [0.1, 0.15) is 5.60 Å². The maximum Gasteiger partial charge on any atom is 0.341 e. The van der Waals surface area contributed by atoms with E-state index in [0.29, 0.717) is 12.3 Å². The van der Waals surface area contributed by atoms with E-state index in [9.17, 15) is 9.18 Å². The van der Waals surface area contributed by atoms with Gasteiger partial charge in [0.05, 0.1) is 0 Å². The predicted molar refractivity (Wildman–Crippen MR) is 87.5 cm³/mol. The summed E-state index contributed by atoms with van der Waals surface area (Å²) in [6.07, 6.45) is 13.2. The van der Waals surface area contributed by atoms with E-state index in [2.05, 4.69) is 6.92 Å². The normalized spacial score (nSPS) is 23.9. The first kappa shape index (κ1) is 17.7. The predicted octanol–water partition coefficient (Wildman–Crippen LogP) is 5.73. The molecule has 0 saturated heterocycles. The molecule has 2 rings (SSSR count). The Balaban J connectivity index is 1.95. The first-order valence-electron chi connectivity index (χ1n) is 9.55. The topological polar surface area (TPSA) is 26.3 Å². The van der Waals surface area contributed by atoms with Crippen LogP contribution in [0.3, 0.4) is 0 Å². The van der Waals surface area contributed by atoms with Crippen LogP contribution in [0.4, 0.5) is 4.39 Å². The second-order valence-corrected chi connectivity index (χ2v) is 7.34. The minimum absolute atomic E-state index is 0.327. The Morgan fingerprint density at radius 2 is 1.73 bits per heavy atom. The van der Waals surface area contributed by atoms with Gasteiger partial charge >= 0.3 is 5.97 Å². The average molecular weight is 312 g/mol. The van der Waals surface area contributed by atoms with Crippen LogP contribution >= 0.6 is 0 Å². The largest absolute Gasteiger partial charge is 0.457 e. The van der Waals surface area contributed by atoms with Gasteiger partial charge in [-0.05, 0) is 57.3 Å². The van der Waals surface area contributed by atoms with Crippen LogP contribution in [0.5, 0.6) is 0 Å². The zero-order chi connectivity index (χ0) is 15.8. The minimum atomic E-state index is -1.42. The highest BCUT2D eigenvalue weighted by molar-refractivity contribution is 5.75. The molecule has 128 valence electrons. The molecular weight excluding hydrogens is 279 g/mol. The molecule has 2 aliphatic rings. The van der Waals surface area contributed by atoms with Crippen LogP contribution in [0.2, 0.25) is 0 Å². The summed E-state index contributed by atoms with van der Waals surface area (Å²) in [7, 11) is 0. The van der Waals surface area contributed by atoms with Crippen molar-refractivity contribution in [3.8, 4) is 0 Å². The molecular formula is C19H33FO2. The van der Waals surface area contributed by atoms with E-state index >= 15 is 0 Å². The zero-order valence-corrected chi connectivity index (χ0v) is 14.2. The third-order valence-electron chi connectivity index (χ3n) is 5.67. The van der Waals surface area contributed by atoms with Crippen LogP contribution in [0.1, 0.15) is 96.8 Å². The quantitative estimate of drug-likeness (QED) is 0.443. The Hall–Kier alpha value is -0.600. The van der Waals surface area contributed by atoms with Crippen LogP contribution < -0.4 is 0 Å². The molecule has 0 aromatic carbocycles. The van der Waals surface area contributed by atoms with Gasteiger partial charge in [-0.3, -0.25) is 0 Å². The van der Waals surface area contributed by atoms with Crippen molar-refractivity contribution in [2.24, 2.45) is 5.92 Å². The van der Waals surface area contributed by atoms with E-state index < -0.39 is 12.1 Å². The highest BCUT2D eigenvalue weighted by Crippen LogP contribution is 2.44. The summed E-state index contributed by atoms with van der Waals surface area (Å²) in [5, 5.41) is 0. The molecule has 2 aliphatic carbocycles. The van der Waals surface area contributed by atoms with Gasteiger partial charge in [0, 0.05) is 0 Å². The molecule has 1 atom stereocenters. The molecule has 0 amide bonds. The highest BCUT2D eigenvalue weighted by Gasteiger charge is 2.44. The minimum Gasteiger partial charge on any atom is -0.457 e. The van der Waals surface area contributed by atoms with E-state index in [1.54, 1.807) is 0 Å². The lowest BCUT2D eigenvalue weighted by molar-refractivity contribution is -0.179. The molecule has 0 heterocycles. The van der Waals surface area contributed by atoms with Crippen molar-refractivity contribution in [1.82, 2.24) is 0 Å². The van der Waals surface area contributed by atoms with E-state index in [1.165, 1.54) is 25.7 Å².